The van der Waals surface area contributed by atoms with Crippen molar-refractivity contribution in [3.8, 4) is 0 Å². The highest BCUT2D eigenvalue weighted by atomic mass is 16.8. The fourth-order valence-corrected chi connectivity index (χ4v) is 4.84. The van der Waals surface area contributed by atoms with Gasteiger partial charge in [-0.05, 0) is 0 Å². The summed E-state index contributed by atoms with van der Waals surface area (Å²) in [5.41, 5.74) is 0. The van der Waals surface area contributed by atoms with Gasteiger partial charge in [-0.3, -0.25) is 4.79 Å². The largest absolute Gasteiger partial charge is 0.477 e. The van der Waals surface area contributed by atoms with E-state index in [9.17, 15) is 65.8 Å². The molecule has 0 unspecified atom stereocenters. The highest BCUT2D eigenvalue weighted by Gasteiger charge is 2.59. The Kier molecular flexibility index (Phi) is 11.4. The van der Waals surface area contributed by atoms with Gasteiger partial charge in [0, 0.05) is 13.3 Å². The van der Waals surface area contributed by atoms with Gasteiger partial charge < -0.3 is 85.2 Å². The average molecular weight is 604 g/mol. The van der Waals surface area contributed by atoms with Gasteiger partial charge in [0.25, 0.3) is 5.79 Å². The smallest absolute Gasteiger partial charge is 0.364 e. The topological polar surface area (TPSA) is 315 Å². The lowest BCUT2D eigenvalue weighted by molar-refractivity contribution is -0.380. The van der Waals surface area contributed by atoms with Gasteiger partial charge in [0.15, 0.2) is 12.6 Å². The van der Waals surface area contributed by atoms with Crippen LogP contribution in [0, 0.1) is 0 Å². The number of rotatable bonds is 10. The minimum absolute atomic E-state index is 0.504. The molecule has 3 fully saturated rings. The number of aliphatic hydroxyl groups excluding tert-OH is 10. The average Bonchev–Trinajstić information content (AvgIpc) is 2.92. The molecule has 238 valence electrons. The highest BCUT2D eigenvalue weighted by molar-refractivity contribution is 5.76. The summed E-state index contributed by atoms with van der Waals surface area (Å²) in [4.78, 5) is 24.2. The first kappa shape index (κ1) is 33.8. The zero-order valence-electron chi connectivity index (χ0n) is 21.7. The van der Waals surface area contributed by atoms with Crippen LogP contribution in [0.2, 0.25) is 0 Å². The molecular formula is C22H37NO18. The van der Waals surface area contributed by atoms with E-state index in [1.807, 2.05) is 0 Å². The first-order valence-corrected chi connectivity index (χ1v) is 12.6. The maximum Gasteiger partial charge on any atom is 0.364 e. The van der Waals surface area contributed by atoms with Crippen LogP contribution in [0.25, 0.3) is 0 Å². The first-order valence-electron chi connectivity index (χ1n) is 12.6. The van der Waals surface area contributed by atoms with Crippen LogP contribution < -0.4 is 5.32 Å². The van der Waals surface area contributed by atoms with Gasteiger partial charge in [0.1, 0.15) is 61.0 Å². The lowest BCUT2D eigenvalue weighted by Crippen LogP contribution is -2.70. The molecule has 0 aromatic rings. The SMILES string of the molecule is CC(=O)N[C@H]1[C@H]([C@H](O)[C@H](O)CO)O[C@@](O[C@H]2[C@@H](O)[C@@H](CO)O[C@@H](O[C@@H]3CO[C@@H](O)[C@H](O)[C@@H]3O)[C@@H]2O)(C(=O)O)C[C@@H]1O. The molecule has 0 aromatic heterocycles. The number of carbonyl (C=O) groups excluding carboxylic acids is 1. The van der Waals surface area contributed by atoms with Crippen molar-refractivity contribution in [1.29, 1.82) is 0 Å². The number of ether oxygens (including phenoxy) is 5. The summed E-state index contributed by atoms with van der Waals surface area (Å²) in [6, 6.07) is -1.51. The van der Waals surface area contributed by atoms with Crippen molar-refractivity contribution in [2.24, 2.45) is 0 Å². The number of aliphatic hydroxyl groups is 10. The van der Waals surface area contributed by atoms with Gasteiger partial charge in [-0.15, -0.1) is 0 Å². The summed E-state index contributed by atoms with van der Waals surface area (Å²) < 4.78 is 26.7. The Bertz CT molecular complexity index is 897. The summed E-state index contributed by atoms with van der Waals surface area (Å²) in [5, 5.41) is 114. The second-order valence-corrected chi connectivity index (χ2v) is 10.0. The maximum atomic E-state index is 12.5. The van der Waals surface area contributed by atoms with E-state index in [2.05, 4.69) is 5.32 Å². The van der Waals surface area contributed by atoms with E-state index in [1.165, 1.54) is 0 Å². The Morgan fingerprint density at radius 3 is 2.24 bits per heavy atom. The lowest BCUT2D eigenvalue weighted by atomic mass is 9.88. The number of aliphatic carboxylic acids is 1. The molecule has 0 aromatic carbocycles. The molecule has 3 rings (SSSR count). The standard InChI is InChI=1S/C22H37NO18/c1-6(26)23-11-7(27)2-22(21(35)36,40-17(11)12(29)8(28)3-24)41-18-14(31)9(4-25)38-20(16(18)33)39-10-5-37-19(34)15(32)13(10)30/h7-20,24-25,27-34H,2-5H2,1H3,(H,23,26)(H,35,36)/t7-,8+,9+,10+,11+,12+,13+,14-,15+,16+,17+,18-,19+,20-,22-/m0/s1. The van der Waals surface area contributed by atoms with Crippen molar-refractivity contribution in [3.05, 3.63) is 0 Å². The summed E-state index contributed by atoms with van der Waals surface area (Å²) in [7, 11) is 0. The molecule has 19 heteroatoms. The normalized spacial score (nSPS) is 45.0. The Hall–Kier alpha value is -1.66. The van der Waals surface area contributed by atoms with Crippen molar-refractivity contribution in [2.75, 3.05) is 19.8 Å². The molecule has 19 nitrogen and oxygen atoms in total. The Morgan fingerprint density at radius 2 is 1.68 bits per heavy atom. The van der Waals surface area contributed by atoms with E-state index in [0.29, 0.717) is 0 Å². The molecule has 1 amide bonds. The fourth-order valence-electron chi connectivity index (χ4n) is 4.84. The molecule has 12 N–H and O–H groups in total. The quantitative estimate of drug-likeness (QED) is 0.110. The van der Waals surface area contributed by atoms with Crippen LogP contribution in [-0.2, 0) is 33.3 Å². The van der Waals surface area contributed by atoms with E-state index in [-0.39, 0.29) is 0 Å². The van der Waals surface area contributed by atoms with Gasteiger partial charge in [-0.2, -0.15) is 0 Å². The number of nitrogens with one attached hydrogen (secondary N) is 1. The number of hydrogen-bond donors (Lipinski definition) is 12. The fraction of sp³-hybridized carbons (Fsp3) is 0.909. The van der Waals surface area contributed by atoms with Gasteiger partial charge in [0.05, 0.1) is 32.0 Å². The highest BCUT2D eigenvalue weighted by Crippen LogP contribution is 2.37. The minimum Gasteiger partial charge on any atom is -0.477 e. The van der Waals surface area contributed by atoms with E-state index in [1.54, 1.807) is 0 Å². The van der Waals surface area contributed by atoms with Gasteiger partial charge in [-0.1, -0.05) is 0 Å². The van der Waals surface area contributed by atoms with Crippen LogP contribution >= 0.6 is 0 Å². The molecule has 41 heavy (non-hydrogen) atoms. The zero-order chi connectivity index (χ0) is 30.8. The summed E-state index contributed by atoms with van der Waals surface area (Å²) >= 11 is 0. The van der Waals surface area contributed by atoms with E-state index < -0.39 is 130 Å². The van der Waals surface area contributed by atoms with Crippen LogP contribution in [0.15, 0.2) is 0 Å². The number of carboxylic acids is 1. The van der Waals surface area contributed by atoms with Crippen LogP contribution in [0.4, 0.5) is 0 Å². The predicted molar refractivity (Wildman–Crippen MR) is 124 cm³/mol. The van der Waals surface area contributed by atoms with Crippen LogP contribution in [0.3, 0.4) is 0 Å². The second-order valence-electron chi connectivity index (χ2n) is 10.0. The first-order chi connectivity index (χ1) is 19.2. The van der Waals surface area contributed by atoms with Crippen molar-refractivity contribution < 1.29 is 89.4 Å². The Labute approximate surface area is 232 Å². The van der Waals surface area contributed by atoms with Crippen molar-refractivity contribution >= 4 is 11.9 Å². The molecule has 0 bridgehead atoms. The number of hydrogen-bond acceptors (Lipinski definition) is 17. The van der Waals surface area contributed by atoms with Gasteiger partial charge in [0.2, 0.25) is 5.91 Å². The molecule has 3 aliphatic rings. The summed E-state index contributed by atoms with van der Waals surface area (Å²) in [6.45, 7) is -1.40. The summed E-state index contributed by atoms with van der Waals surface area (Å²) in [6.07, 6.45) is -25.0. The van der Waals surface area contributed by atoms with Crippen molar-refractivity contribution in [2.45, 2.75) is 105 Å². The Morgan fingerprint density at radius 1 is 1.02 bits per heavy atom. The van der Waals surface area contributed by atoms with Crippen molar-refractivity contribution in [3.63, 3.8) is 0 Å². The number of carboxylic acid groups (broad SMARTS) is 1. The van der Waals surface area contributed by atoms with Crippen LogP contribution in [0.1, 0.15) is 13.3 Å². The van der Waals surface area contributed by atoms with Gasteiger partial charge in [-0.25, -0.2) is 4.79 Å². The number of carbonyl (C=O) groups is 2. The van der Waals surface area contributed by atoms with E-state index >= 15 is 0 Å². The molecule has 0 aliphatic carbocycles. The molecular weight excluding hydrogens is 566 g/mol. The molecule has 3 saturated heterocycles. The van der Waals surface area contributed by atoms with Crippen molar-refractivity contribution in [1.82, 2.24) is 5.32 Å². The molecule has 15 atom stereocenters. The molecule has 3 aliphatic heterocycles. The van der Waals surface area contributed by atoms with E-state index in [0.717, 1.165) is 6.92 Å². The number of amides is 1. The third-order valence-electron chi connectivity index (χ3n) is 7.10. The molecule has 0 radical (unpaired) electrons. The molecule has 0 saturated carbocycles. The second kappa shape index (κ2) is 13.8. The monoisotopic (exact) mass is 603 g/mol. The minimum atomic E-state index is -2.97. The molecule has 3 heterocycles. The third-order valence-corrected chi connectivity index (χ3v) is 7.10. The predicted octanol–water partition coefficient (Wildman–Crippen LogP) is -7.58. The lowest BCUT2D eigenvalue weighted by Gasteiger charge is -2.50. The van der Waals surface area contributed by atoms with E-state index in [4.69, 9.17) is 23.7 Å². The maximum absolute atomic E-state index is 12.5. The Balaban J connectivity index is 1.91. The van der Waals surface area contributed by atoms with Crippen LogP contribution in [0.5, 0.6) is 0 Å². The molecule has 0 spiro atoms. The van der Waals surface area contributed by atoms with Crippen LogP contribution in [-0.4, -0.2) is 179 Å². The van der Waals surface area contributed by atoms with Gasteiger partial charge >= 0.3 is 5.97 Å². The zero-order valence-corrected chi connectivity index (χ0v) is 21.7. The summed E-state index contributed by atoms with van der Waals surface area (Å²) in [5.74, 6) is -5.65. The third kappa shape index (κ3) is 7.12.